The Morgan fingerprint density at radius 3 is 2.00 bits per heavy atom. The van der Waals surface area contributed by atoms with Crippen LogP contribution in [0.3, 0.4) is 0 Å². The second kappa shape index (κ2) is 15.2. The zero-order chi connectivity index (χ0) is 42.9. The number of fused-ring (bicyclic) bond motifs is 9. The lowest BCUT2D eigenvalue weighted by atomic mass is 9.61. The van der Waals surface area contributed by atoms with E-state index >= 15 is 0 Å². The molecule has 1 aromatic heterocycles. The summed E-state index contributed by atoms with van der Waals surface area (Å²) in [7, 11) is 0. The van der Waals surface area contributed by atoms with Crippen LogP contribution in [0.1, 0.15) is 57.0 Å². The zero-order valence-electron chi connectivity index (χ0n) is 35.9. The molecule has 2 heteroatoms. The molecule has 8 aromatic rings. The number of nitrogens with zero attached hydrogens (tertiary/aromatic N) is 1. The van der Waals surface area contributed by atoms with Crippen molar-refractivity contribution in [3.63, 3.8) is 0 Å². The fraction of sp³-hybridized carbons (Fsp3) is 0.0952. The minimum absolute atomic E-state index is 0.0865. The SMILES string of the molecule is C1=CC2=C(C3=CC4C(C=C3)c3c(-c5ccccc5)cc5ccccc5c3C4(c3ccccc3)c3ccccc3)C=CC(c3ccc4ccc5c(c4n3)NC(c3ccccc3)C=C5)C2C=C1. The third-order valence-electron chi connectivity index (χ3n) is 14.8. The van der Waals surface area contributed by atoms with Gasteiger partial charge in [-0.2, -0.15) is 0 Å². The zero-order valence-corrected chi connectivity index (χ0v) is 35.9. The normalized spacial score (nSPS) is 22.0. The summed E-state index contributed by atoms with van der Waals surface area (Å²) in [5, 5.41) is 7.59. The second-order valence-corrected chi connectivity index (χ2v) is 18.1. The van der Waals surface area contributed by atoms with E-state index in [0.29, 0.717) is 0 Å². The predicted octanol–water partition coefficient (Wildman–Crippen LogP) is 15.2. The van der Waals surface area contributed by atoms with Crippen molar-refractivity contribution in [2.24, 2.45) is 11.8 Å². The molecule has 0 saturated heterocycles. The molecule has 308 valence electrons. The lowest BCUT2D eigenvalue weighted by Crippen LogP contribution is -2.35. The Bertz CT molecular complexity index is 3360. The maximum Gasteiger partial charge on any atom is 0.0943 e. The van der Waals surface area contributed by atoms with E-state index in [1.807, 2.05) is 0 Å². The van der Waals surface area contributed by atoms with Crippen LogP contribution in [0, 0.1) is 11.8 Å². The number of rotatable bonds is 6. The Hall–Kier alpha value is -7.81. The second-order valence-electron chi connectivity index (χ2n) is 18.1. The molecule has 13 rings (SSSR count). The first-order chi connectivity index (χ1) is 32.2. The summed E-state index contributed by atoms with van der Waals surface area (Å²) in [5.74, 6) is 0.480. The van der Waals surface area contributed by atoms with Gasteiger partial charge < -0.3 is 5.32 Å². The van der Waals surface area contributed by atoms with Gasteiger partial charge in [0.2, 0.25) is 0 Å². The molecule has 5 atom stereocenters. The van der Waals surface area contributed by atoms with E-state index in [-0.39, 0.29) is 29.7 Å². The molecular weight excluding hydrogens is 785 g/mol. The molecule has 0 amide bonds. The molecule has 1 N–H and O–H groups in total. The lowest BCUT2D eigenvalue weighted by Gasteiger charge is -2.40. The van der Waals surface area contributed by atoms with Crippen molar-refractivity contribution in [1.82, 2.24) is 4.98 Å². The van der Waals surface area contributed by atoms with E-state index in [2.05, 4.69) is 248 Å². The number of allylic oxidation sites excluding steroid dienone is 12. The van der Waals surface area contributed by atoms with Crippen LogP contribution in [0.2, 0.25) is 0 Å². The van der Waals surface area contributed by atoms with Crippen molar-refractivity contribution < 1.29 is 0 Å². The number of benzene rings is 7. The summed E-state index contributed by atoms with van der Waals surface area (Å²) in [6, 6.07) is 64.9. The molecule has 0 radical (unpaired) electrons. The Morgan fingerprint density at radius 2 is 1.22 bits per heavy atom. The molecule has 65 heavy (non-hydrogen) atoms. The van der Waals surface area contributed by atoms with E-state index in [9.17, 15) is 0 Å². The van der Waals surface area contributed by atoms with Crippen LogP contribution < -0.4 is 5.32 Å². The molecule has 2 nitrogen and oxygen atoms in total. The molecule has 1 aliphatic heterocycles. The summed E-state index contributed by atoms with van der Waals surface area (Å²) < 4.78 is 0. The van der Waals surface area contributed by atoms with E-state index in [1.54, 1.807) is 0 Å². The molecule has 0 saturated carbocycles. The Labute approximate surface area is 380 Å². The molecule has 0 bridgehead atoms. The summed E-state index contributed by atoms with van der Waals surface area (Å²) >= 11 is 0. The van der Waals surface area contributed by atoms with Crippen molar-refractivity contribution in [2.75, 3.05) is 5.32 Å². The van der Waals surface area contributed by atoms with E-state index < -0.39 is 5.41 Å². The topological polar surface area (TPSA) is 24.9 Å². The fourth-order valence-corrected chi connectivity index (χ4v) is 12.0. The highest BCUT2D eigenvalue weighted by atomic mass is 14.9. The van der Waals surface area contributed by atoms with Crippen LogP contribution in [0.5, 0.6) is 0 Å². The van der Waals surface area contributed by atoms with Crippen molar-refractivity contribution in [1.29, 1.82) is 0 Å². The third-order valence-corrected chi connectivity index (χ3v) is 14.8. The monoisotopic (exact) mass is 830 g/mol. The largest absolute Gasteiger partial charge is 0.372 e. The van der Waals surface area contributed by atoms with Crippen LogP contribution in [-0.2, 0) is 5.41 Å². The average Bonchev–Trinajstić information content (AvgIpc) is 3.70. The highest BCUT2D eigenvalue weighted by Crippen LogP contribution is 2.64. The van der Waals surface area contributed by atoms with Gasteiger partial charge >= 0.3 is 0 Å². The molecule has 5 unspecified atom stereocenters. The highest BCUT2D eigenvalue weighted by Gasteiger charge is 2.55. The number of aromatic nitrogens is 1. The van der Waals surface area contributed by atoms with Gasteiger partial charge in [0.1, 0.15) is 0 Å². The van der Waals surface area contributed by atoms with E-state index in [4.69, 9.17) is 4.98 Å². The standard InChI is InChI=1S/C63H46N2/c1-5-17-41(18-6-1)55-39-45-21-13-14-26-50(45)60-59(55)54-34-31-46(40-56(54)63(60,47-22-9-3-10-23-47)48-24-11-4-12-25-48)49-35-36-53(52-28-16-15-27-51(49)52)58-38-33-44-30-29-43-32-37-57(42-19-7-2-8-20-42)64-61(43)62(44)65-58/h1-40,52-54,56-57,64H. The fourth-order valence-electron chi connectivity index (χ4n) is 12.0. The van der Waals surface area contributed by atoms with Gasteiger partial charge in [0.15, 0.2) is 0 Å². The Morgan fingerprint density at radius 1 is 0.523 bits per heavy atom. The maximum absolute atomic E-state index is 5.52. The minimum Gasteiger partial charge on any atom is -0.372 e. The summed E-state index contributed by atoms with van der Waals surface area (Å²) in [6.45, 7) is 0. The Balaban J connectivity index is 0.963. The van der Waals surface area contributed by atoms with Gasteiger partial charge in [-0.3, -0.25) is 0 Å². The number of hydrogen-bond acceptors (Lipinski definition) is 2. The van der Waals surface area contributed by atoms with Crippen LogP contribution in [-0.4, -0.2) is 4.98 Å². The molecule has 0 spiro atoms. The van der Waals surface area contributed by atoms with Gasteiger partial charge in [-0.05, 0) is 84.1 Å². The van der Waals surface area contributed by atoms with Crippen LogP contribution in [0.4, 0.5) is 5.69 Å². The smallest absolute Gasteiger partial charge is 0.0943 e. The molecule has 4 aliphatic carbocycles. The van der Waals surface area contributed by atoms with Gasteiger partial charge in [0, 0.05) is 34.8 Å². The predicted molar refractivity (Wildman–Crippen MR) is 270 cm³/mol. The van der Waals surface area contributed by atoms with Gasteiger partial charge in [-0.15, -0.1) is 0 Å². The maximum atomic E-state index is 5.52. The number of anilines is 1. The van der Waals surface area contributed by atoms with Crippen molar-refractivity contribution in [2.45, 2.75) is 23.3 Å². The first-order valence-corrected chi connectivity index (χ1v) is 23.1. The van der Waals surface area contributed by atoms with Crippen LogP contribution in [0.15, 0.2) is 253 Å². The first-order valence-electron chi connectivity index (χ1n) is 23.1. The minimum atomic E-state index is -0.465. The van der Waals surface area contributed by atoms with Gasteiger partial charge in [0.05, 0.1) is 22.7 Å². The lowest BCUT2D eigenvalue weighted by molar-refractivity contribution is 0.456. The number of nitrogens with one attached hydrogen (secondary N) is 1. The first kappa shape index (κ1) is 37.7. The van der Waals surface area contributed by atoms with Gasteiger partial charge in [0.25, 0.3) is 0 Å². The Kier molecular flexibility index (Phi) is 8.81. The van der Waals surface area contributed by atoms with E-state index in [0.717, 1.165) is 22.3 Å². The average molecular weight is 831 g/mol. The number of hydrogen-bond donors (Lipinski definition) is 1. The molecular formula is C63H46N2. The quantitative estimate of drug-likeness (QED) is 0.181. The molecule has 7 aromatic carbocycles. The number of pyridine rings is 1. The summed E-state index contributed by atoms with van der Waals surface area (Å²) in [5.41, 5.74) is 17.1. The van der Waals surface area contributed by atoms with Crippen LogP contribution >= 0.6 is 0 Å². The van der Waals surface area contributed by atoms with Gasteiger partial charge in [-0.25, -0.2) is 4.98 Å². The highest BCUT2D eigenvalue weighted by molar-refractivity contribution is 5.98. The third kappa shape index (κ3) is 5.90. The summed E-state index contributed by atoms with van der Waals surface area (Å²) in [4.78, 5) is 5.52. The van der Waals surface area contributed by atoms with E-state index in [1.165, 1.54) is 72.0 Å². The van der Waals surface area contributed by atoms with Crippen LogP contribution in [0.25, 0.3) is 38.9 Å². The van der Waals surface area contributed by atoms with Crippen molar-refractivity contribution in [3.05, 3.63) is 292 Å². The van der Waals surface area contributed by atoms with Gasteiger partial charge in [-0.1, -0.05) is 231 Å². The molecule has 2 heterocycles. The summed E-state index contributed by atoms with van der Waals surface area (Å²) in [6.07, 6.45) is 26.1. The van der Waals surface area contributed by atoms with Crippen molar-refractivity contribution in [3.8, 4) is 11.1 Å². The van der Waals surface area contributed by atoms with Crippen molar-refractivity contribution >= 4 is 33.4 Å². The molecule has 0 fully saturated rings. The molecule has 5 aliphatic rings.